The second-order valence-corrected chi connectivity index (χ2v) is 8.35. The first-order valence-electron chi connectivity index (χ1n) is 8.09. The van der Waals surface area contributed by atoms with Crippen molar-refractivity contribution in [3.8, 4) is 0 Å². The predicted octanol–water partition coefficient (Wildman–Crippen LogP) is 0.331. The summed E-state index contributed by atoms with van der Waals surface area (Å²) in [6.45, 7) is 6.24. The van der Waals surface area contributed by atoms with Crippen molar-refractivity contribution in [1.29, 1.82) is 0 Å². The molecule has 0 amide bonds. The Hall–Kier alpha value is -0.860. The van der Waals surface area contributed by atoms with Crippen LogP contribution in [0, 0.1) is 0 Å². The summed E-state index contributed by atoms with van der Waals surface area (Å²) in [6.07, 6.45) is 2.86. The number of nitrogens with one attached hydrogen (secondary N) is 2. The molecule has 23 heavy (non-hydrogen) atoms. The molecule has 0 saturated heterocycles. The summed E-state index contributed by atoms with van der Waals surface area (Å²) in [7, 11) is 2.85. The van der Waals surface area contributed by atoms with Gasteiger partial charge in [-0.05, 0) is 40.8 Å². The molecule has 0 aromatic carbocycles. The predicted molar refractivity (Wildman–Crippen MR) is 96.9 cm³/mol. The zero-order chi connectivity index (χ0) is 17.9. The van der Waals surface area contributed by atoms with Crippen molar-refractivity contribution in [2.24, 2.45) is 4.99 Å². The van der Waals surface area contributed by atoms with E-state index in [1.54, 1.807) is 7.05 Å². The number of hydrogen-bond donors (Lipinski definition) is 2. The van der Waals surface area contributed by atoms with E-state index in [0.29, 0.717) is 25.5 Å². The van der Waals surface area contributed by atoms with Crippen LogP contribution in [-0.2, 0) is 14.6 Å². The van der Waals surface area contributed by atoms with Gasteiger partial charge < -0.3 is 20.3 Å². The molecule has 0 bridgehead atoms. The van der Waals surface area contributed by atoms with Gasteiger partial charge in [-0.3, -0.25) is 4.99 Å². The molecule has 138 valence electrons. The first kappa shape index (κ1) is 22.1. The van der Waals surface area contributed by atoms with Crippen molar-refractivity contribution in [1.82, 2.24) is 15.5 Å². The van der Waals surface area contributed by atoms with Crippen LogP contribution in [0.3, 0.4) is 0 Å². The maximum atomic E-state index is 11.2. The lowest BCUT2D eigenvalue weighted by molar-refractivity contribution is 0.0548. The number of rotatable bonds is 11. The van der Waals surface area contributed by atoms with Crippen LogP contribution in [0.2, 0.25) is 0 Å². The lowest BCUT2D eigenvalue weighted by atomic mass is 10.2. The standard InChI is InChI=1S/C15H34N4O3S/c1-7-22-14(8-10-19(4)5)12-17-15(16-3)18-13(2)9-11-23(6,20)21/h13-14H,7-12H2,1-6H3,(H2,16,17,18). The van der Waals surface area contributed by atoms with Gasteiger partial charge in [-0.25, -0.2) is 8.42 Å². The summed E-state index contributed by atoms with van der Waals surface area (Å²) in [5.41, 5.74) is 0. The first-order chi connectivity index (χ1) is 10.7. The SMILES string of the molecule is CCOC(CCN(C)C)CNC(=NC)NC(C)CCS(C)(=O)=O. The smallest absolute Gasteiger partial charge is 0.191 e. The zero-order valence-corrected chi connectivity index (χ0v) is 16.2. The van der Waals surface area contributed by atoms with Crippen LogP contribution in [0.5, 0.6) is 0 Å². The van der Waals surface area contributed by atoms with E-state index in [4.69, 9.17) is 4.74 Å². The molecular weight excluding hydrogens is 316 g/mol. The molecule has 2 unspecified atom stereocenters. The van der Waals surface area contributed by atoms with Crippen molar-refractivity contribution < 1.29 is 13.2 Å². The third-order valence-electron chi connectivity index (χ3n) is 3.33. The average molecular weight is 351 g/mol. The topological polar surface area (TPSA) is 83.0 Å². The summed E-state index contributed by atoms with van der Waals surface area (Å²) in [4.78, 5) is 6.31. The minimum Gasteiger partial charge on any atom is -0.377 e. The molecule has 0 spiro atoms. The molecule has 0 aliphatic rings. The fraction of sp³-hybridized carbons (Fsp3) is 0.933. The van der Waals surface area contributed by atoms with Crippen LogP contribution in [0.1, 0.15) is 26.7 Å². The second-order valence-electron chi connectivity index (χ2n) is 6.09. The molecule has 8 heteroatoms. The van der Waals surface area contributed by atoms with Gasteiger partial charge in [-0.15, -0.1) is 0 Å². The second kappa shape index (κ2) is 11.6. The van der Waals surface area contributed by atoms with Gasteiger partial charge in [-0.1, -0.05) is 0 Å². The van der Waals surface area contributed by atoms with Gasteiger partial charge in [0.05, 0.1) is 11.9 Å². The van der Waals surface area contributed by atoms with E-state index in [-0.39, 0.29) is 17.9 Å². The molecule has 2 N–H and O–H groups in total. The normalized spacial score (nSPS) is 15.5. The molecule has 0 radical (unpaired) electrons. The lowest BCUT2D eigenvalue weighted by Gasteiger charge is -2.22. The maximum absolute atomic E-state index is 11.2. The summed E-state index contributed by atoms with van der Waals surface area (Å²) in [5, 5.41) is 6.46. The maximum Gasteiger partial charge on any atom is 0.191 e. The van der Waals surface area contributed by atoms with Crippen LogP contribution in [0.4, 0.5) is 0 Å². The Morgan fingerprint density at radius 1 is 1.30 bits per heavy atom. The van der Waals surface area contributed by atoms with Crippen LogP contribution >= 0.6 is 0 Å². The Morgan fingerprint density at radius 3 is 2.43 bits per heavy atom. The fourth-order valence-corrected chi connectivity index (χ4v) is 2.77. The van der Waals surface area contributed by atoms with E-state index in [2.05, 4.69) is 20.5 Å². The number of ether oxygens (including phenoxy) is 1. The highest BCUT2D eigenvalue weighted by Gasteiger charge is 2.12. The molecule has 0 aromatic rings. The van der Waals surface area contributed by atoms with E-state index in [0.717, 1.165) is 13.0 Å². The van der Waals surface area contributed by atoms with Crippen molar-refractivity contribution in [3.63, 3.8) is 0 Å². The van der Waals surface area contributed by atoms with E-state index >= 15 is 0 Å². The highest BCUT2D eigenvalue weighted by Crippen LogP contribution is 1.99. The number of hydrogen-bond acceptors (Lipinski definition) is 5. The van der Waals surface area contributed by atoms with Gasteiger partial charge in [0.1, 0.15) is 9.84 Å². The quantitative estimate of drug-likeness (QED) is 0.413. The fourth-order valence-electron chi connectivity index (χ4n) is 1.98. The Bertz CT molecular complexity index is 438. The van der Waals surface area contributed by atoms with Crippen molar-refractivity contribution in [2.75, 3.05) is 52.8 Å². The highest BCUT2D eigenvalue weighted by atomic mass is 32.2. The lowest BCUT2D eigenvalue weighted by Crippen LogP contribution is -2.46. The highest BCUT2D eigenvalue weighted by molar-refractivity contribution is 7.90. The number of aliphatic imine (C=N–C) groups is 1. The van der Waals surface area contributed by atoms with Gasteiger partial charge >= 0.3 is 0 Å². The third-order valence-corrected chi connectivity index (χ3v) is 4.30. The molecule has 0 aliphatic carbocycles. The van der Waals surface area contributed by atoms with Gasteiger partial charge in [0.25, 0.3) is 0 Å². The van der Waals surface area contributed by atoms with Crippen molar-refractivity contribution in [2.45, 2.75) is 38.8 Å². The Labute approximate surface area is 141 Å². The van der Waals surface area contributed by atoms with Crippen molar-refractivity contribution >= 4 is 15.8 Å². The third kappa shape index (κ3) is 13.3. The number of guanidine groups is 1. The summed E-state index contributed by atoms with van der Waals surface area (Å²) < 4.78 is 28.2. The van der Waals surface area contributed by atoms with E-state index in [9.17, 15) is 8.42 Å². The van der Waals surface area contributed by atoms with Gasteiger partial charge in [-0.2, -0.15) is 0 Å². The molecule has 0 aliphatic heterocycles. The number of nitrogens with zero attached hydrogens (tertiary/aromatic N) is 2. The molecule has 2 atom stereocenters. The molecular formula is C15H34N4O3S. The summed E-state index contributed by atoms with van der Waals surface area (Å²) >= 11 is 0. The molecule has 0 fully saturated rings. The van der Waals surface area contributed by atoms with E-state index in [1.165, 1.54) is 6.26 Å². The first-order valence-corrected chi connectivity index (χ1v) is 10.1. The van der Waals surface area contributed by atoms with Crippen LogP contribution < -0.4 is 10.6 Å². The zero-order valence-electron chi connectivity index (χ0n) is 15.4. The summed E-state index contributed by atoms with van der Waals surface area (Å²) in [5.74, 6) is 0.836. The minimum absolute atomic E-state index is 0.0308. The van der Waals surface area contributed by atoms with Gasteiger partial charge in [0.2, 0.25) is 0 Å². The van der Waals surface area contributed by atoms with Crippen LogP contribution in [0.15, 0.2) is 4.99 Å². The number of sulfone groups is 1. The van der Waals surface area contributed by atoms with E-state index < -0.39 is 9.84 Å². The Morgan fingerprint density at radius 2 is 1.96 bits per heavy atom. The molecule has 0 saturated carbocycles. The van der Waals surface area contributed by atoms with Crippen molar-refractivity contribution in [3.05, 3.63) is 0 Å². The molecule has 0 rings (SSSR count). The average Bonchev–Trinajstić information content (AvgIpc) is 2.45. The van der Waals surface area contributed by atoms with Crippen LogP contribution in [0.25, 0.3) is 0 Å². The Kier molecular flexibility index (Phi) is 11.2. The monoisotopic (exact) mass is 350 g/mol. The van der Waals surface area contributed by atoms with Crippen LogP contribution in [-0.4, -0.2) is 84.3 Å². The largest absolute Gasteiger partial charge is 0.377 e. The molecule has 0 aromatic heterocycles. The Balaban J connectivity index is 4.29. The van der Waals surface area contributed by atoms with E-state index in [1.807, 2.05) is 27.9 Å². The molecule has 0 heterocycles. The minimum atomic E-state index is -2.94. The molecule has 7 nitrogen and oxygen atoms in total. The summed E-state index contributed by atoms with van der Waals surface area (Å²) in [6, 6.07) is 0.0308. The van der Waals surface area contributed by atoms with Gasteiger partial charge in [0.15, 0.2) is 5.96 Å². The van der Waals surface area contributed by atoms with Gasteiger partial charge in [0, 0.05) is 39.0 Å².